The Morgan fingerprint density at radius 2 is 1.89 bits per heavy atom. The molecular weight excluding hydrogens is 473 g/mol. The molecule has 0 radical (unpaired) electrons. The second-order valence-corrected chi connectivity index (χ2v) is 9.71. The lowest BCUT2D eigenvalue weighted by Crippen LogP contribution is -2.41. The van der Waals surface area contributed by atoms with Gasteiger partial charge in [-0.1, -0.05) is 31.0 Å². The van der Waals surface area contributed by atoms with Crippen molar-refractivity contribution >= 4 is 39.8 Å². The zero-order valence-electron chi connectivity index (χ0n) is 16.2. The number of benzene rings is 1. The van der Waals surface area contributed by atoms with Gasteiger partial charge in [-0.15, -0.1) is 24.0 Å². The van der Waals surface area contributed by atoms with Crippen molar-refractivity contribution in [2.24, 2.45) is 10.4 Å². The van der Waals surface area contributed by atoms with Gasteiger partial charge in [-0.05, 0) is 50.2 Å². The average molecular weight is 505 g/mol. The Bertz CT molecular complexity index is 716. The number of halogens is 1. The Labute approximate surface area is 181 Å². The van der Waals surface area contributed by atoms with Gasteiger partial charge in [0, 0.05) is 26.2 Å². The summed E-state index contributed by atoms with van der Waals surface area (Å²) in [6.45, 7) is 5.62. The van der Waals surface area contributed by atoms with Gasteiger partial charge in [-0.25, -0.2) is 8.42 Å². The van der Waals surface area contributed by atoms with Crippen molar-refractivity contribution in [3.8, 4) is 0 Å². The SMILES string of the molecule is CCNC(=NCCCS(=O)(=O)c1ccccc1)N1CCC2(CCCC2)C1.I. The van der Waals surface area contributed by atoms with Crippen molar-refractivity contribution in [3.05, 3.63) is 30.3 Å². The largest absolute Gasteiger partial charge is 0.357 e. The minimum atomic E-state index is -3.21. The van der Waals surface area contributed by atoms with Crippen LogP contribution in [0, 0.1) is 5.41 Å². The van der Waals surface area contributed by atoms with Gasteiger partial charge in [0.05, 0.1) is 10.6 Å². The molecule has 2 aliphatic rings. The van der Waals surface area contributed by atoms with E-state index in [0.29, 0.717) is 23.3 Å². The van der Waals surface area contributed by atoms with Crippen molar-refractivity contribution in [2.75, 3.05) is 31.9 Å². The molecule has 1 aromatic carbocycles. The van der Waals surface area contributed by atoms with Crippen LogP contribution in [0.15, 0.2) is 40.2 Å². The Morgan fingerprint density at radius 1 is 1.19 bits per heavy atom. The Kier molecular flexibility index (Phi) is 8.39. The third-order valence-corrected chi connectivity index (χ3v) is 7.49. The van der Waals surface area contributed by atoms with Crippen LogP contribution in [0.2, 0.25) is 0 Å². The summed E-state index contributed by atoms with van der Waals surface area (Å²) in [5.74, 6) is 1.09. The van der Waals surface area contributed by atoms with Gasteiger partial charge in [-0.2, -0.15) is 0 Å². The lowest BCUT2D eigenvalue weighted by molar-refractivity contribution is 0.309. The van der Waals surface area contributed by atoms with E-state index < -0.39 is 9.84 Å². The summed E-state index contributed by atoms with van der Waals surface area (Å²) >= 11 is 0. The van der Waals surface area contributed by atoms with E-state index in [1.807, 2.05) is 6.07 Å². The van der Waals surface area contributed by atoms with E-state index in [0.717, 1.165) is 25.6 Å². The van der Waals surface area contributed by atoms with Crippen LogP contribution in [0.25, 0.3) is 0 Å². The molecule has 0 bridgehead atoms. The molecule has 0 unspecified atom stereocenters. The molecule has 1 aliphatic carbocycles. The Morgan fingerprint density at radius 3 is 2.56 bits per heavy atom. The van der Waals surface area contributed by atoms with Gasteiger partial charge in [0.15, 0.2) is 15.8 Å². The van der Waals surface area contributed by atoms with Crippen molar-refractivity contribution in [1.82, 2.24) is 10.2 Å². The highest BCUT2D eigenvalue weighted by Crippen LogP contribution is 2.45. The van der Waals surface area contributed by atoms with E-state index in [1.54, 1.807) is 24.3 Å². The van der Waals surface area contributed by atoms with Crippen LogP contribution in [0.5, 0.6) is 0 Å². The van der Waals surface area contributed by atoms with E-state index in [4.69, 9.17) is 4.99 Å². The molecule has 152 valence electrons. The fraction of sp³-hybridized carbons (Fsp3) is 0.650. The summed E-state index contributed by atoms with van der Waals surface area (Å²) < 4.78 is 24.7. The number of hydrogen-bond donors (Lipinski definition) is 1. The molecule has 1 heterocycles. The molecule has 1 aromatic rings. The number of guanidine groups is 1. The molecule has 2 fully saturated rings. The van der Waals surface area contributed by atoms with Crippen LogP contribution in [-0.2, 0) is 9.84 Å². The second-order valence-electron chi connectivity index (χ2n) is 7.60. The third kappa shape index (κ3) is 5.82. The smallest absolute Gasteiger partial charge is 0.193 e. The van der Waals surface area contributed by atoms with Crippen molar-refractivity contribution in [3.63, 3.8) is 0 Å². The molecule has 3 rings (SSSR count). The minimum Gasteiger partial charge on any atom is -0.357 e. The first-order chi connectivity index (χ1) is 12.5. The topological polar surface area (TPSA) is 61.8 Å². The van der Waals surface area contributed by atoms with E-state index in [1.165, 1.54) is 32.1 Å². The lowest BCUT2D eigenvalue weighted by Gasteiger charge is -2.26. The van der Waals surface area contributed by atoms with E-state index in [-0.39, 0.29) is 29.7 Å². The summed E-state index contributed by atoms with van der Waals surface area (Å²) in [5, 5.41) is 3.39. The number of nitrogens with one attached hydrogen (secondary N) is 1. The molecule has 1 saturated carbocycles. The number of rotatable bonds is 6. The maximum Gasteiger partial charge on any atom is 0.193 e. The number of hydrogen-bond acceptors (Lipinski definition) is 3. The predicted molar refractivity (Wildman–Crippen MR) is 122 cm³/mol. The predicted octanol–water partition coefficient (Wildman–Crippen LogP) is 3.70. The standard InChI is InChI=1S/C20H31N3O2S.HI/c1-2-21-19(23-15-13-20(17-23)11-6-7-12-20)22-14-8-16-26(24,25)18-9-4-3-5-10-18;/h3-5,9-10H,2,6-8,11-17H2,1H3,(H,21,22);1H. The number of likely N-dealkylation sites (tertiary alicyclic amines) is 1. The zero-order valence-corrected chi connectivity index (χ0v) is 19.3. The van der Waals surface area contributed by atoms with E-state index in [2.05, 4.69) is 17.1 Å². The fourth-order valence-corrected chi connectivity index (χ4v) is 5.58. The number of aliphatic imine (C=N–C) groups is 1. The Hall–Kier alpha value is -0.830. The van der Waals surface area contributed by atoms with E-state index in [9.17, 15) is 8.42 Å². The Balaban J connectivity index is 0.00000261. The van der Waals surface area contributed by atoms with Gasteiger partial charge >= 0.3 is 0 Å². The van der Waals surface area contributed by atoms with Gasteiger partial charge in [0.25, 0.3) is 0 Å². The molecule has 1 N–H and O–H groups in total. The summed E-state index contributed by atoms with van der Waals surface area (Å²) in [6, 6.07) is 8.68. The van der Waals surface area contributed by atoms with Crippen LogP contribution in [0.4, 0.5) is 0 Å². The molecule has 1 spiro atoms. The van der Waals surface area contributed by atoms with Crippen LogP contribution in [-0.4, -0.2) is 51.2 Å². The first-order valence-corrected chi connectivity index (χ1v) is 11.5. The zero-order chi connectivity index (χ0) is 18.5. The second kappa shape index (κ2) is 10.1. The van der Waals surface area contributed by atoms with Crippen LogP contribution >= 0.6 is 24.0 Å². The molecular formula is C20H32IN3O2S. The molecule has 0 aromatic heterocycles. The lowest BCUT2D eigenvalue weighted by atomic mass is 9.86. The molecule has 0 atom stereocenters. The minimum absolute atomic E-state index is 0. The normalized spacial score (nSPS) is 19.3. The average Bonchev–Trinajstić information content (AvgIpc) is 3.28. The summed E-state index contributed by atoms with van der Waals surface area (Å²) in [6.07, 6.45) is 7.22. The summed E-state index contributed by atoms with van der Waals surface area (Å²) in [4.78, 5) is 7.49. The van der Waals surface area contributed by atoms with Crippen molar-refractivity contribution in [1.29, 1.82) is 0 Å². The number of sulfone groups is 1. The maximum atomic E-state index is 12.4. The van der Waals surface area contributed by atoms with E-state index >= 15 is 0 Å². The van der Waals surface area contributed by atoms with Gasteiger partial charge in [0.1, 0.15) is 0 Å². The quantitative estimate of drug-likeness (QED) is 0.277. The maximum absolute atomic E-state index is 12.4. The molecule has 1 aliphatic heterocycles. The molecule has 5 nitrogen and oxygen atoms in total. The first kappa shape index (κ1) is 22.5. The molecule has 27 heavy (non-hydrogen) atoms. The highest BCUT2D eigenvalue weighted by molar-refractivity contribution is 14.0. The van der Waals surface area contributed by atoms with Crippen molar-refractivity contribution < 1.29 is 8.42 Å². The van der Waals surface area contributed by atoms with Crippen LogP contribution in [0.3, 0.4) is 0 Å². The molecule has 1 saturated heterocycles. The third-order valence-electron chi connectivity index (χ3n) is 5.67. The summed E-state index contributed by atoms with van der Waals surface area (Å²) in [7, 11) is -3.21. The summed E-state index contributed by atoms with van der Waals surface area (Å²) in [5.41, 5.74) is 0.507. The number of nitrogens with zero attached hydrogens (tertiary/aromatic N) is 2. The molecule has 7 heteroatoms. The monoisotopic (exact) mass is 505 g/mol. The first-order valence-electron chi connectivity index (χ1n) is 9.86. The highest BCUT2D eigenvalue weighted by atomic mass is 127. The van der Waals surface area contributed by atoms with Gasteiger partial charge in [-0.3, -0.25) is 4.99 Å². The van der Waals surface area contributed by atoms with Crippen LogP contribution < -0.4 is 5.32 Å². The highest BCUT2D eigenvalue weighted by Gasteiger charge is 2.41. The fourth-order valence-electron chi connectivity index (χ4n) is 4.26. The molecule has 0 amide bonds. The van der Waals surface area contributed by atoms with Crippen LogP contribution in [0.1, 0.15) is 45.4 Å². The van der Waals surface area contributed by atoms with Gasteiger partial charge in [0.2, 0.25) is 0 Å². The van der Waals surface area contributed by atoms with Crippen molar-refractivity contribution in [2.45, 2.75) is 50.3 Å². The van der Waals surface area contributed by atoms with Gasteiger partial charge < -0.3 is 10.2 Å².